The first-order chi connectivity index (χ1) is 20.3. The number of ether oxygens (including phenoxy) is 1. The molecule has 42 heavy (non-hydrogen) atoms. The zero-order valence-corrected chi connectivity index (χ0v) is 24.4. The Labute approximate surface area is 245 Å². The van der Waals surface area contributed by atoms with E-state index in [0.29, 0.717) is 22.9 Å². The number of fused-ring (bicyclic) bond motifs is 1. The Bertz CT molecular complexity index is 1710. The Morgan fingerprint density at radius 1 is 0.952 bits per heavy atom. The maximum Gasteiger partial charge on any atom is 0.255 e. The number of hydrogen-bond donors (Lipinski definition) is 2. The van der Waals surface area contributed by atoms with Crippen LogP contribution in [0.5, 0.6) is 0 Å². The Balaban J connectivity index is 1.22. The number of anilines is 4. The second kappa shape index (κ2) is 11.3. The van der Waals surface area contributed by atoms with Gasteiger partial charge in [-0.3, -0.25) is 9.78 Å². The molecule has 2 N–H and O–H groups in total. The molecule has 0 aliphatic carbocycles. The lowest BCUT2D eigenvalue weighted by molar-refractivity contribution is 0.102. The zero-order chi connectivity index (χ0) is 29.3. The van der Waals surface area contributed by atoms with Crippen LogP contribution in [0.2, 0.25) is 0 Å². The smallest absolute Gasteiger partial charge is 0.255 e. The van der Waals surface area contributed by atoms with Gasteiger partial charge in [0.05, 0.1) is 13.2 Å². The van der Waals surface area contributed by atoms with Gasteiger partial charge in [-0.25, -0.2) is 4.52 Å². The third-order valence-corrected chi connectivity index (χ3v) is 7.60. The lowest BCUT2D eigenvalue weighted by atomic mass is 9.86. The summed E-state index contributed by atoms with van der Waals surface area (Å²) in [7, 11) is 0. The highest BCUT2D eigenvalue weighted by atomic mass is 16.5. The number of carbonyl (C=O) groups is 1. The van der Waals surface area contributed by atoms with Crippen molar-refractivity contribution in [3.63, 3.8) is 0 Å². The molecule has 0 saturated carbocycles. The van der Waals surface area contributed by atoms with E-state index >= 15 is 0 Å². The van der Waals surface area contributed by atoms with Crippen LogP contribution in [0.4, 0.5) is 23.0 Å². The summed E-state index contributed by atoms with van der Waals surface area (Å²) in [6.07, 6.45) is 3.49. The van der Waals surface area contributed by atoms with Crippen molar-refractivity contribution in [2.75, 3.05) is 41.8 Å². The molecule has 1 amide bonds. The molecule has 5 aromatic rings. The highest BCUT2D eigenvalue weighted by Crippen LogP contribution is 2.31. The normalized spacial score (nSPS) is 13.8. The summed E-state index contributed by atoms with van der Waals surface area (Å²) in [6.45, 7) is 11.7. The molecule has 0 radical (unpaired) electrons. The molecule has 3 aromatic carbocycles. The number of carbonyl (C=O) groups excluding carboxylic acids is 1. The zero-order valence-electron chi connectivity index (χ0n) is 24.4. The van der Waals surface area contributed by atoms with E-state index in [9.17, 15) is 4.79 Å². The second-order valence-electron chi connectivity index (χ2n) is 11.5. The van der Waals surface area contributed by atoms with E-state index < -0.39 is 0 Å². The fourth-order valence-corrected chi connectivity index (χ4v) is 5.11. The molecule has 9 nitrogen and oxygen atoms in total. The van der Waals surface area contributed by atoms with E-state index in [1.165, 1.54) is 11.3 Å². The van der Waals surface area contributed by atoms with Crippen LogP contribution in [-0.4, -0.2) is 51.8 Å². The molecule has 1 aliphatic rings. The van der Waals surface area contributed by atoms with Gasteiger partial charge in [0.1, 0.15) is 5.69 Å². The first kappa shape index (κ1) is 27.4. The largest absolute Gasteiger partial charge is 0.378 e. The molecule has 6 rings (SSSR count). The van der Waals surface area contributed by atoms with Crippen LogP contribution in [0, 0.1) is 6.92 Å². The minimum atomic E-state index is -0.157. The van der Waals surface area contributed by atoms with Gasteiger partial charge in [-0.2, -0.15) is 4.98 Å². The molecule has 0 atom stereocenters. The lowest BCUT2D eigenvalue weighted by Gasteiger charge is -2.28. The summed E-state index contributed by atoms with van der Waals surface area (Å²) in [5, 5.41) is 11.0. The Kier molecular flexibility index (Phi) is 7.34. The molecule has 1 aliphatic heterocycles. The van der Waals surface area contributed by atoms with Crippen LogP contribution in [0.1, 0.15) is 42.3 Å². The molecule has 214 valence electrons. The van der Waals surface area contributed by atoms with Crippen molar-refractivity contribution in [1.82, 2.24) is 19.6 Å². The fraction of sp³-hybridized carbons (Fsp3) is 0.273. The average molecular weight is 562 g/mol. The molecule has 3 heterocycles. The van der Waals surface area contributed by atoms with Crippen molar-refractivity contribution in [2.24, 2.45) is 0 Å². The molecule has 9 heteroatoms. The van der Waals surface area contributed by atoms with Gasteiger partial charge in [-0.05, 0) is 65.9 Å². The first-order valence-corrected chi connectivity index (χ1v) is 14.2. The van der Waals surface area contributed by atoms with Crippen LogP contribution in [0.25, 0.3) is 16.9 Å². The van der Waals surface area contributed by atoms with Crippen molar-refractivity contribution in [3.8, 4) is 11.3 Å². The highest BCUT2D eigenvalue weighted by molar-refractivity contribution is 6.05. The van der Waals surface area contributed by atoms with E-state index in [-0.39, 0.29) is 11.3 Å². The van der Waals surface area contributed by atoms with Gasteiger partial charge in [0.15, 0.2) is 5.65 Å². The SMILES string of the molecule is Cc1c(NC(=O)c2ccc(C(C)(C)C)cc2)cccc1-c1nccn2nc(Nc3ccc(N4CCOCC4)cc3)nc12. The van der Waals surface area contributed by atoms with E-state index in [4.69, 9.17) is 9.72 Å². The highest BCUT2D eigenvalue weighted by Gasteiger charge is 2.18. The molecule has 1 fully saturated rings. The number of nitrogens with one attached hydrogen (secondary N) is 2. The maximum absolute atomic E-state index is 13.1. The molecule has 0 unspecified atom stereocenters. The van der Waals surface area contributed by atoms with Crippen molar-refractivity contribution in [3.05, 3.63) is 95.8 Å². The van der Waals surface area contributed by atoms with Gasteiger partial charge in [0.25, 0.3) is 5.91 Å². The number of nitrogens with zero attached hydrogens (tertiary/aromatic N) is 5. The number of morpholine rings is 1. The van der Waals surface area contributed by atoms with Crippen LogP contribution >= 0.6 is 0 Å². The topological polar surface area (TPSA) is 96.7 Å². The van der Waals surface area contributed by atoms with E-state index in [0.717, 1.165) is 48.8 Å². The Morgan fingerprint density at radius 2 is 1.69 bits per heavy atom. The summed E-state index contributed by atoms with van der Waals surface area (Å²) < 4.78 is 7.18. The van der Waals surface area contributed by atoms with Gasteiger partial charge < -0.3 is 20.3 Å². The monoisotopic (exact) mass is 561 g/mol. The summed E-state index contributed by atoms with van der Waals surface area (Å²) in [5.74, 6) is 0.319. The molecule has 1 saturated heterocycles. The molecule has 0 bridgehead atoms. The number of amides is 1. The Morgan fingerprint density at radius 3 is 2.40 bits per heavy atom. The standard InChI is InChI=1S/C33H35N7O2/c1-22-27(6-5-7-28(22)36-31(41)23-8-10-24(11-9-23)33(2,3)4)29-30-37-32(38-40(30)17-16-34-29)35-25-12-14-26(15-13-25)39-18-20-42-21-19-39/h5-17H,18-21H2,1-4H3,(H,35,38)(H,36,41). The fourth-order valence-electron chi connectivity index (χ4n) is 5.11. The lowest BCUT2D eigenvalue weighted by Crippen LogP contribution is -2.36. The molecular formula is C33H35N7O2. The van der Waals surface area contributed by atoms with Crippen molar-refractivity contribution < 1.29 is 9.53 Å². The minimum absolute atomic E-state index is 0.0265. The second-order valence-corrected chi connectivity index (χ2v) is 11.5. The van der Waals surface area contributed by atoms with Crippen molar-refractivity contribution >= 4 is 34.6 Å². The maximum atomic E-state index is 13.1. The predicted octanol–water partition coefficient (Wildman–Crippen LogP) is 6.23. The quantitative estimate of drug-likeness (QED) is 0.254. The summed E-state index contributed by atoms with van der Waals surface area (Å²) >= 11 is 0. The van der Waals surface area contributed by atoms with Crippen LogP contribution in [0.15, 0.2) is 79.1 Å². The van der Waals surface area contributed by atoms with Gasteiger partial charge in [0.2, 0.25) is 5.95 Å². The van der Waals surface area contributed by atoms with E-state index in [1.54, 1.807) is 16.9 Å². The average Bonchev–Trinajstić information content (AvgIpc) is 3.41. The molecule has 0 spiro atoms. The Hall–Kier alpha value is -4.76. The predicted molar refractivity (Wildman–Crippen MR) is 167 cm³/mol. The minimum Gasteiger partial charge on any atom is -0.378 e. The summed E-state index contributed by atoms with van der Waals surface area (Å²) in [4.78, 5) is 24.8. The van der Waals surface area contributed by atoms with Gasteiger partial charge in [-0.15, -0.1) is 5.10 Å². The third-order valence-electron chi connectivity index (χ3n) is 7.60. The number of aromatic nitrogens is 4. The summed E-state index contributed by atoms with van der Waals surface area (Å²) in [6, 6.07) is 21.8. The first-order valence-electron chi connectivity index (χ1n) is 14.2. The molecular weight excluding hydrogens is 526 g/mol. The van der Waals surface area contributed by atoms with Gasteiger partial charge >= 0.3 is 0 Å². The van der Waals surface area contributed by atoms with E-state index in [2.05, 4.69) is 58.5 Å². The van der Waals surface area contributed by atoms with E-state index in [1.807, 2.05) is 61.5 Å². The van der Waals surface area contributed by atoms with Crippen LogP contribution in [-0.2, 0) is 10.2 Å². The third kappa shape index (κ3) is 5.69. The van der Waals surface area contributed by atoms with Gasteiger partial charge in [-0.1, -0.05) is 45.0 Å². The number of hydrogen-bond acceptors (Lipinski definition) is 7. The number of benzene rings is 3. The summed E-state index contributed by atoms with van der Waals surface area (Å²) in [5.41, 5.74) is 7.68. The van der Waals surface area contributed by atoms with Crippen molar-refractivity contribution in [1.29, 1.82) is 0 Å². The van der Waals surface area contributed by atoms with Gasteiger partial charge in [0, 0.05) is 53.7 Å². The molecule has 2 aromatic heterocycles. The van der Waals surface area contributed by atoms with Crippen LogP contribution in [0.3, 0.4) is 0 Å². The van der Waals surface area contributed by atoms with Crippen molar-refractivity contribution in [2.45, 2.75) is 33.1 Å². The van der Waals surface area contributed by atoms with Crippen LogP contribution < -0.4 is 15.5 Å². The number of rotatable bonds is 6.